The van der Waals surface area contributed by atoms with E-state index in [0.29, 0.717) is 33.0 Å². The minimum Gasteiger partial charge on any atom is -0.497 e. The fourth-order valence-electron chi connectivity index (χ4n) is 3.05. The van der Waals surface area contributed by atoms with Crippen molar-refractivity contribution >= 4 is 39.2 Å². The molecule has 0 radical (unpaired) electrons. The predicted octanol–water partition coefficient (Wildman–Crippen LogP) is 3.88. The number of ether oxygens (including phenoxy) is 1. The number of hydrogen-bond acceptors (Lipinski definition) is 5. The number of hydrogen-bond donors (Lipinski definition) is 3. The van der Waals surface area contributed by atoms with Crippen LogP contribution in [0.1, 0.15) is 20.8 Å². The van der Waals surface area contributed by atoms with Crippen LogP contribution in [-0.4, -0.2) is 29.1 Å². The van der Waals surface area contributed by atoms with Crippen molar-refractivity contribution in [3.8, 4) is 5.75 Å². The molecule has 0 spiro atoms. The van der Waals surface area contributed by atoms with Crippen molar-refractivity contribution in [1.82, 2.24) is 15.5 Å². The molecule has 0 bridgehead atoms. The molecule has 31 heavy (non-hydrogen) atoms. The van der Waals surface area contributed by atoms with E-state index < -0.39 is 5.82 Å². The van der Waals surface area contributed by atoms with Crippen molar-refractivity contribution < 1.29 is 18.7 Å². The van der Waals surface area contributed by atoms with E-state index in [9.17, 15) is 14.0 Å². The Morgan fingerprint density at radius 1 is 1.13 bits per heavy atom. The van der Waals surface area contributed by atoms with E-state index in [1.54, 1.807) is 25.3 Å². The lowest BCUT2D eigenvalue weighted by Crippen LogP contribution is -2.21. The number of benzene rings is 2. The summed E-state index contributed by atoms with van der Waals surface area (Å²) in [5, 5.41) is 13.2. The fraction of sp³-hybridized carbons (Fsp3) is 0.136. The summed E-state index contributed by atoms with van der Waals surface area (Å²) in [6, 6.07) is 15.0. The van der Waals surface area contributed by atoms with Crippen molar-refractivity contribution in [2.24, 2.45) is 0 Å². The van der Waals surface area contributed by atoms with Gasteiger partial charge in [0.25, 0.3) is 5.91 Å². The number of nitrogens with one attached hydrogen (secondary N) is 3. The molecule has 2 heterocycles. The molecule has 0 fully saturated rings. The van der Waals surface area contributed by atoms with Crippen LogP contribution in [0.3, 0.4) is 0 Å². The Balaban J connectivity index is 1.40. The standard InChI is InChI=1S/C22H19FN4O3S/c1-30-16-7-5-13(6-8-16)12-24-21(29)18-11-17-20(26-27-22(17)31-18)25-19(28)10-14-3-2-4-15(23)9-14/h2-9,11H,10,12H2,1H3,(H,24,29)(H2,25,26,27,28). The van der Waals surface area contributed by atoms with Crippen molar-refractivity contribution in [1.29, 1.82) is 0 Å². The number of amides is 2. The molecule has 0 saturated heterocycles. The van der Waals surface area contributed by atoms with E-state index in [4.69, 9.17) is 4.74 Å². The number of thiophene rings is 1. The highest BCUT2D eigenvalue weighted by Crippen LogP contribution is 2.29. The van der Waals surface area contributed by atoms with Gasteiger partial charge in [-0.2, -0.15) is 5.10 Å². The Morgan fingerprint density at radius 3 is 2.68 bits per heavy atom. The summed E-state index contributed by atoms with van der Waals surface area (Å²) in [4.78, 5) is 25.9. The summed E-state index contributed by atoms with van der Waals surface area (Å²) in [7, 11) is 1.60. The molecular weight excluding hydrogens is 419 g/mol. The number of fused-ring (bicyclic) bond motifs is 1. The second-order valence-electron chi connectivity index (χ2n) is 6.81. The number of methoxy groups -OCH3 is 1. The monoisotopic (exact) mass is 438 g/mol. The maximum Gasteiger partial charge on any atom is 0.261 e. The highest BCUT2D eigenvalue weighted by molar-refractivity contribution is 7.20. The van der Waals surface area contributed by atoms with Gasteiger partial charge in [0.05, 0.1) is 23.8 Å². The first-order valence-corrected chi connectivity index (χ1v) is 10.3. The fourth-order valence-corrected chi connectivity index (χ4v) is 3.96. The third kappa shape index (κ3) is 4.89. The van der Waals surface area contributed by atoms with Crippen LogP contribution in [0.5, 0.6) is 5.75 Å². The number of H-pyrrole nitrogens is 1. The van der Waals surface area contributed by atoms with Gasteiger partial charge in [0.2, 0.25) is 5.91 Å². The minimum atomic E-state index is -0.391. The minimum absolute atomic E-state index is 0.0254. The topological polar surface area (TPSA) is 96.1 Å². The lowest BCUT2D eigenvalue weighted by molar-refractivity contribution is -0.115. The van der Waals surface area contributed by atoms with Gasteiger partial charge >= 0.3 is 0 Å². The van der Waals surface area contributed by atoms with Crippen molar-refractivity contribution in [3.63, 3.8) is 0 Å². The molecule has 4 aromatic rings. The van der Waals surface area contributed by atoms with E-state index in [0.717, 1.165) is 11.3 Å². The van der Waals surface area contributed by atoms with Crippen molar-refractivity contribution in [3.05, 3.63) is 76.4 Å². The molecule has 0 atom stereocenters. The van der Waals surface area contributed by atoms with E-state index >= 15 is 0 Å². The molecule has 7 nitrogen and oxygen atoms in total. The van der Waals surface area contributed by atoms with Gasteiger partial charge < -0.3 is 15.4 Å². The highest BCUT2D eigenvalue weighted by atomic mass is 32.1. The Hall–Kier alpha value is -3.72. The summed E-state index contributed by atoms with van der Waals surface area (Å²) >= 11 is 1.23. The zero-order valence-corrected chi connectivity index (χ0v) is 17.4. The van der Waals surface area contributed by atoms with Gasteiger partial charge in [-0.3, -0.25) is 14.7 Å². The smallest absolute Gasteiger partial charge is 0.261 e. The van der Waals surface area contributed by atoms with Gasteiger partial charge in [-0.05, 0) is 41.5 Å². The Morgan fingerprint density at radius 2 is 1.94 bits per heavy atom. The SMILES string of the molecule is COc1ccc(CNC(=O)c2cc3c(NC(=O)Cc4cccc(F)c4)[nH]nc3s2)cc1. The zero-order chi connectivity index (χ0) is 21.8. The van der Waals surface area contributed by atoms with Gasteiger partial charge in [0.15, 0.2) is 0 Å². The van der Waals surface area contributed by atoms with Crippen LogP contribution in [0, 0.1) is 5.82 Å². The third-order valence-corrected chi connectivity index (χ3v) is 5.63. The first kappa shape index (κ1) is 20.5. The predicted molar refractivity (Wildman–Crippen MR) is 117 cm³/mol. The average Bonchev–Trinajstić information content (AvgIpc) is 3.34. The van der Waals surface area contributed by atoms with Crippen molar-refractivity contribution in [2.45, 2.75) is 13.0 Å². The van der Waals surface area contributed by atoms with E-state index in [1.165, 1.54) is 23.5 Å². The van der Waals surface area contributed by atoms with Crippen LogP contribution in [0.4, 0.5) is 10.2 Å². The zero-order valence-electron chi connectivity index (χ0n) is 16.6. The lowest BCUT2D eigenvalue weighted by atomic mass is 10.1. The van der Waals surface area contributed by atoms with Crippen LogP contribution in [0.15, 0.2) is 54.6 Å². The number of nitrogens with zero attached hydrogens (tertiary/aromatic N) is 1. The van der Waals surface area contributed by atoms with Crippen LogP contribution in [0.25, 0.3) is 10.2 Å². The van der Waals surface area contributed by atoms with E-state index in [2.05, 4.69) is 20.8 Å². The van der Waals surface area contributed by atoms with Crippen LogP contribution >= 0.6 is 11.3 Å². The number of carbonyl (C=O) groups excluding carboxylic acids is 2. The van der Waals surface area contributed by atoms with Crippen molar-refractivity contribution in [2.75, 3.05) is 12.4 Å². The normalized spacial score (nSPS) is 10.8. The van der Waals surface area contributed by atoms with E-state index in [-0.39, 0.29) is 18.2 Å². The molecule has 158 valence electrons. The molecular formula is C22H19FN4O3S. The summed E-state index contributed by atoms with van der Waals surface area (Å²) in [5.41, 5.74) is 1.51. The third-order valence-electron chi connectivity index (χ3n) is 4.61. The quantitative estimate of drug-likeness (QED) is 0.408. The first-order chi connectivity index (χ1) is 15.0. The van der Waals surface area contributed by atoms with Gasteiger partial charge in [-0.25, -0.2) is 4.39 Å². The van der Waals surface area contributed by atoms with Gasteiger partial charge in [0.1, 0.15) is 22.2 Å². The Bertz CT molecular complexity index is 1230. The molecule has 3 N–H and O–H groups in total. The maximum absolute atomic E-state index is 13.3. The first-order valence-electron chi connectivity index (χ1n) is 9.45. The van der Waals surface area contributed by atoms with Crippen LogP contribution in [0.2, 0.25) is 0 Å². The number of anilines is 1. The Labute approximate surface area is 181 Å². The number of carbonyl (C=O) groups is 2. The van der Waals surface area contributed by atoms with Gasteiger partial charge in [0, 0.05) is 6.54 Å². The molecule has 2 aromatic carbocycles. The average molecular weight is 438 g/mol. The van der Waals surface area contributed by atoms with Crippen LogP contribution < -0.4 is 15.4 Å². The molecule has 0 aliphatic carbocycles. The molecule has 4 rings (SSSR count). The summed E-state index contributed by atoms with van der Waals surface area (Å²) < 4.78 is 18.4. The molecule has 0 saturated carbocycles. The van der Waals surface area contributed by atoms with Crippen LogP contribution in [-0.2, 0) is 17.8 Å². The molecule has 2 amide bonds. The number of aromatic amines is 1. The second-order valence-corrected chi connectivity index (χ2v) is 7.84. The number of aromatic nitrogens is 2. The highest BCUT2D eigenvalue weighted by Gasteiger charge is 2.16. The largest absolute Gasteiger partial charge is 0.497 e. The Kier molecular flexibility index (Phi) is 5.94. The van der Waals surface area contributed by atoms with E-state index in [1.807, 2.05) is 24.3 Å². The van der Waals surface area contributed by atoms with Gasteiger partial charge in [-0.1, -0.05) is 24.3 Å². The summed E-state index contributed by atoms with van der Waals surface area (Å²) in [5.74, 6) is 0.226. The molecule has 0 unspecified atom stereocenters. The lowest BCUT2D eigenvalue weighted by Gasteiger charge is -2.05. The number of rotatable bonds is 7. The maximum atomic E-state index is 13.3. The molecule has 0 aliphatic rings. The molecule has 2 aromatic heterocycles. The second kappa shape index (κ2) is 8.97. The molecule has 0 aliphatic heterocycles. The summed E-state index contributed by atoms with van der Waals surface area (Å²) in [6.07, 6.45) is 0.0254. The molecule has 9 heteroatoms. The number of halogens is 1. The summed E-state index contributed by atoms with van der Waals surface area (Å²) in [6.45, 7) is 0.377. The van der Waals surface area contributed by atoms with Gasteiger partial charge in [-0.15, -0.1) is 11.3 Å².